The highest BCUT2D eigenvalue weighted by atomic mass is 32.1. The van der Waals surface area contributed by atoms with Crippen molar-refractivity contribution in [2.24, 2.45) is 4.99 Å². The van der Waals surface area contributed by atoms with Crippen molar-refractivity contribution in [2.45, 2.75) is 25.3 Å². The zero-order valence-corrected chi connectivity index (χ0v) is 23.4. The van der Waals surface area contributed by atoms with Gasteiger partial charge < -0.3 is 9.47 Å². The lowest BCUT2D eigenvalue weighted by atomic mass is 9.84. The van der Waals surface area contributed by atoms with E-state index in [1.807, 2.05) is 48.5 Å². The maximum Gasteiger partial charge on any atom is 0.271 e. The van der Waals surface area contributed by atoms with E-state index in [4.69, 9.17) is 14.5 Å². The zero-order valence-electron chi connectivity index (χ0n) is 22.6. The molecular weight excluding hydrogens is 538 g/mol. The molecule has 2 heterocycles. The van der Waals surface area contributed by atoms with Crippen LogP contribution in [0.25, 0.3) is 12.2 Å². The molecule has 0 N–H and O–H groups in total. The van der Waals surface area contributed by atoms with Crippen LogP contribution in [0.2, 0.25) is 0 Å². The smallest absolute Gasteiger partial charge is 0.271 e. The van der Waals surface area contributed by atoms with Crippen LogP contribution in [0.5, 0.6) is 11.5 Å². The van der Waals surface area contributed by atoms with Gasteiger partial charge in [0.2, 0.25) is 0 Å². The minimum atomic E-state index is -0.437. The minimum Gasteiger partial charge on any atom is -0.497 e. The molecule has 8 nitrogen and oxygen atoms in total. The normalized spacial score (nSPS) is 17.6. The first-order chi connectivity index (χ1) is 19.9. The van der Waals surface area contributed by atoms with Gasteiger partial charge in [0.1, 0.15) is 11.5 Å². The molecule has 1 aliphatic heterocycles. The molecule has 2 aliphatic rings. The Bertz CT molecular complexity index is 1880. The standard InChI is InChI=1S/C32H27N3O5S/c1-39-25-13-9-20(10-14-25)17-23-6-4-8-27-29(23)33-32-34(30(27)22-11-15-26(40-2)16-12-22)31(36)28(41-32)19-21-5-3-7-24(18-21)35(37)38/h3,5,7,9-19,30H,4,6,8H2,1-2H3/b23-17-,28-19?/t30-/m1/s1. The van der Waals surface area contributed by atoms with Crippen molar-refractivity contribution in [3.8, 4) is 11.5 Å². The Morgan fingerprint density at radius 2 is 1.66 bits per heavy atom. The molecular formula is C32H27N3O5S. The molecule has 206 valence electrons. The van der Waals surface area contributed by atoms with Crippen molar-refractivity contribution in [3.05, 3.63) is 136 Å². The summed E-state index contributed by atoms with van der Waals surface area (Å²) in [4.78, 5) is 30.5. The Morgan fingerprint density at radius 3 is 2.34 bits per heavy atom. The number of hydrogen-bond acceptors (Lipinski definition) is 7. The van der Waals surface area contributed by atoms with E-state index in [0.717, 1.165) is 58.7 Å². The van der Waals surface area contributed by atoms with E-state index < -0.39 is 4.92 Å². The van der Waals surface area contributed by atoms with Crippen LogP contribution in [0.4, 0.5) is 5.69 Å². The van der Waals surface area contributed by atoms with Gasteiger partial charge in [-0.15, -0.1) is 0 Å². The monoisotopic (exact) mass is 565 g/mol. The summed E-state index contributed by atoms with van der Waals surface area (Å²) in [5.74, 6) is 1.54. The summed E-state index contributed by atoms with van der Waals surface area (Å²) in [5, 5.41) is 11.3. The van der Waals surface area contributed by atoms with Crippen LogP contribution in [0, 0.1) is 10.1 Å². The van der Waals surface area contributed by atoms with Gasteiger partial charge in [-0.05, 0) is 83.5 Å². The second kappa shape index (κ2) is 11.0. The van der Waals surface area contributed by atoms with Crippen molar-refractivity contribution < 1.29 is 14.4 Å². The van der Waals surface area contributed by atoms with E-state index >= 15 is 0 Å². The number of hydrogen-bond donors (Lipinski definition) is 0. The lowest BCUT2D eigenvalue weighted by molar-refractivity contribution is -0.384. The average molecular weight is 566 g/mol. The minimum absolute atomic E-state index is 0.0218. The Kier molecular flexibility index (Phi) is 7.11. The topological polar surface area (TPSA) is 96.0 Å². The van der Waals surface area contributed by atoms with E-state index in [9.17, 15) is 14.9 Å². The van der Waals surface area contributed by atoms with Crippen molar-refractivity contribution >= 4 is 29.2 Å². The van der Waals surface area contributed by atoms with Crippen molar-refractivity contribution in [3.63, 3.8) is 0 Å². The Balaban J connectivity index is 1.54. The summed E-state index contributed by atoms with van der Waals surface area (Å²) in [7, 11) is 3.28. The first-order valence-corrected chi connectivity index (χ1v) is 14.0. The van der Waals surface area contributed by atoms with E-state index in [1.165, 1.54) is 23.5 Å². The fraction of sp³-hybridized carbons (Fsp3) is 0.188. The summed E-state index contributed by atoms with van der Waals surface area (Å²) in [6, 6.07) is 21.7. The first kappa shape index (κ1) is 26.5. The number of non-ortho nitro benzene ring substituents is 1. The summed E-state index contributed by atoms with van der Waals surface area (Å²) in [6.07, 6.45) is 6.52. The molecule has 0 saturated carbocycles. The molecule has 0 amide bonds. The van der Waals surface area contributed by atoms with Crippen LogP contribution in [0.15, 0.2) is 99.4 Å². The maximum atomic E-state index is 13.9. The number of aromatic nitrogens is 1. The molecule has 3 aromatic carbocycles. The number of nitro groups is 1. The van der Waals surface area contributed by atoms with Crippen LogP contribution in [-0.2, 0) is 0 Å². The molecule has 1 atom stereocenters. The van der Waals surface area contributed by atoms with Crippen molar-refractivity contribution in [1.82, 2.24) is 4.57 Å². The summed E-state index contributed by atoms with van der Waals surface area (Å²) in [5.41, 5.74) is 5.60. The number of ether oxygens (including phenoxy) is 2. The predicted molar refractivity (Wildman–Crippen MR) is 159 cm³/mol. The molecule has 41 heavy (non-hydrogen) atoms. The van der Waals surface area contributed by atoms with Crippen LogP contribution >= 0.6 is 11.3 Å². The quantitative estimate of drug-likeness (QED) is 0.230. The molecule has 1 aliphatic carbocycles. The molecule has 0 saturated heterocycles. The van der Waals surface area contributed by atoms with Gasteiger partial charge >= 0.3 is 0 Å². The number of allylic oxidation sites excluding steroid dienone is 2. The van der Waals surface area contributed by atoms with Gasteiger partial charge in [0.25, 0.3) is 11.2 Å². The Morgan fingerprint density at radius 1 is 0.951 bits per heavy atom. The van der Waals surface area contributed by atoms with Gasteiger partial charge in [0, 0.05) is 12.1 Å². The second-order valence-corrected chi connectivity index (χ2v) is 10.9. The van der Waals surface area contributed by atoms with Crippen LogP contribution in [0.3, 0.4) is 0 Å². The highest BCUT2D eigenvalue weighted by Crippen LogP contribution is 2.41. The number of methoxy groups -OCH3 is 2. The number of nitro benzene ring substituents is 1. The molecule has 4 aromatic rings. The highest BCUT2D eigenvalue weighted by molar-refractivity contribution is 7.07. The third-order valence-electron chi connectivity index (χ3n) is 7.40. The molecule has 0 bridgehead atoms. The van der Waals surface area contributed by atoms with Crippen LogP contribution in [-0.4, -0.2) is 23.7 Å². The summed E-state index contributed by atoms with van der Waals surface area (Å²) in [6.45, 7) is 0. The number of thiazole rings is 1. The first-order valence-electron chi connectivity index (χ1n) is 13.2. The fourth-order valence-electron chi connectivity index (χ4n) is 5.42. The Labute approximate surface area is 240 Å². The largest absolute Gasteiger partial charge is 0.497 e. The van der Waals surface area contributed by atoms with Gasteiger partial charge in [-0.25, -0.2) is 4.99 Å². The second-order valence-electron chi connectivity index (χ2n) is 9.88. The van der Waals surface area contributed by atoms with Gasteiger partial charge in [0.05, 0.1) is 35.4 Å². The van der Waals surface area contributed by atoms with E-state index in [0.29, 0.717) is 14.9 Å². The molecule has 1 aromatic heterocycles. The van der Waals surface area contributed by atoms with Crippen LogP contribution < -0.4 is 24.4 Å². The van der Waals surface area contributed by atoms with Gasteiger partial charge in [0.15, 0.2) is 4.80 Å². The van der Waals surface area contributed by atoms with E-state index in [-0.39, 0.29) is 17.3 Å². The lowest BCUT2D eigenvalue weighted by Gasteiger charge is -2.31. The maximum absolute atomic E-state index is 13.9. The predicted octanol–water partition coefficient (Wildman–Crippen LogP) is 5.41. The molecule has 0 spiro atoms. The zero-order chi connectivity index (χ0) is 28.5. The highest BCUT2D eigenvalue weighted by Gasteiger charge is 2.32. The average Bonchev–Trinajstić information content (AvgIpc) is 3.31. The summed E-state index contributed by atoms with van der Waals surface area (Å²) >= 11 is 1.30. The number of nitrogens with zero attached hydrogens (tertiary/aromatic N) is 3. The van der Waals surface area contributed by atoms with Crippen molar-refractivity contribution in [2.75, 3.05) is 14.2 Å². The fourth-order valence-corrected chi connectivity index (χ4v) is 6.42. The van der Waals surface area contributed by atoms with Gasteiger partial charge in [-0.3, -0.25) is 19.5 Å². The van der Waals surface area contributed by atoms with E-state index in [2.05, 4.69) is 6.08 Å². The molecule has 9 heteroatoms. The SMILES string of the molecule is COc1ccc(/C=C2/CCCC3=C2N=c2sc(=Cc4cccc([N+](=O)[O-])c4)c(=O)n2[C@@H]3c2ccc(OC)cc2)cc1. The Hall–Kier alpha value is -4.76. The van der Waals surface area contributed by atoms with Gasteiger partial charge in [-0.2, -0.15) is 0 Å². The molecule has 0 fully saturated rings. The third-order valence-corrected chi connectivity index (χ3v) is 8.38. The third kappa shape index (κ3) is 5.12. The number of benzene rings is 3. The number of fused-ring (bicyclic) bond motifs is 1. The summed E-state index contributed by atoms with van der Waals surface area (Å²) < 4.78 is 12.9. The number of rotatable bonds is 6. The van der Waals surface area contributed by atoms with Crippen molar-refractivity contribution in [1.29, 1.82) is 0 Å². The van der Waals surface area contributed by atoms with Gasteiger partial charge in [-0.1, -0.05) is 47.7 Å². The molecule has 0 unspecified atom stereocenters. The van der Waals surface area contributed by atoms with Crippen LogP contribution in [0.1, 0.15) is 42.0 Å². The molecule has 6 rings (SSSR count). The molecule has 0 radical (unpaired) electrons. The lowest BCUT2D eigenvalue weighted by Crippen LogP contribution is -2.39. The van der Waals surface area contributed by atoms with E-state index in [1.54, 1.807) is 37.0 Å².